The molecule has 0 aliphatic heterocycles. The van der Waals surface area contributed by atoms with Crippen LogP contribution in [0.25, 0.3) is 241 Å². The number of fused-ring (bicyclic) bond motifs is 10. The molecule has 0 atom stereocenters. The van der Waals surface area contributed by atoms with Gasteiger partial charge in [0.05, 0.1) is 118 Å². The minimum atomic E-state index is -1.17. The van der Waals surface area contributed by atoms with Gasteiger partial charge in [0.1, 0.15) is 0 Å². The minimum absolute atomic E-state index is 0.614. The van der Waals surface area contributed by atoms with Crippen molar-refractivity contribution in [2.45, 2.75) is 0 Å². The molecule has 25 aromatic carbocycles. The van der Waals surface area contributed by atoms with Gasteiger partial charge in [-0.1, -0.05) is 483 Å². The molecule has 0 spiro atoms. The predicted molar refractivity (Wildman–Crippen MR) is 560 cm³/mol. The predicted octanol–water partition coefficient (Wildman–Crippen LogP) is 36.6. The second kappa shape index (κ2) is 34.2. The molecule has 0 heterocycles. The first-order valence-electron chi connectivity index (χ1n) is 81.0. The maximum atomic E-state index is 10.2. The van der Waals surface area contributed by atoms with Crippen molar-refractivity contribution in [3.8, 4) is 134 Å². The van der Waals surface area contributed by atoms with Crippen molar-refractivity contribution in [3.05, 3.63) is 520 Å². The van der Waals surface area contributed by atoms with Gasteiger partial charge in [-0.05, 0) is 278 Å². The molecule has 0 fully saturated rings. The topological polar surface area (TPSA) is 0 Å². The van der Waals surface area contributed by atoms with E-state index in [1.807, 2.05) is 0 Å². The van der Waals surface area contributed by atoms with E-state index in [0.29, 0.717) is 0 Å². The van der Waals surface area contributed by atoms with Crippen LogP contribution in [-0.4, -0.2) is 0 Å². The molecule has 0 unspecified atom stereocenters. The molecule has 0 aliphatic rings. The molecule has 0 bridgehead atoms. The molecule has 0 amide bonds. The van der Waals surface area contributed by atoms with Crippen molar-refractivity contribution in [2.24, 2.45) is 0 Å². The molecule has 0 aromatic heterocycles. The number of benzene rings is 25. The normalized spacial score (nSPS) is 20.6. The molecule has 0 heteroatoms. The Hall–Kier alpha value is -16.9. The highest BCUT2D eigenvalue weighted by atomic mass is 14.3. The zero-order valence-corrected chi connectivity index (χ0v) is 65.0. The summed E-state index contributed by atoms with van der Waals surface area (Å²) in [6, 6.07) is -85.3. The summed E-state index contributed by atoms with van der Waals surface area (Å²) >= 11 is 0. The lowest BCUT2D eigenvalue weighted by atomic mass is 9.84. The van der Waals surface area contributed by atoms with Crippen LogP contribution in [0, 0.1) is 0 Å². The molecule has 25 aromatic rings. The van der Waals surface area contributed by atoms with E-state index in [-0.39, 0.29) is 0 Å². The lowest BCUT2D eigenvalue weighted by molar-refractivity contribution is 1.61. The fourth-order valence-corrected chi connectivity index (χ4v) is 14.3. The Bertz CT molecular complexity index is 14100. The van der Waals surface area contributed by atoms with Crippen LogP contribution in [0.5, 0.6) is 0 Å². The first-order chi connectivity index (χ1) is 100. The quantitative estimate of drug-likeness (QED) is 0.107. The van der Waals surface area contributed by atoms with E-state index < -0.39 is 761 Å². The third-order valence-electron chi connectivity index (χ3n) is 19.9. The summed E-state index contributed by atoms with van der Waals surface area (Å²) in [6.07, 6.45) is 0. The fourth-order valence-electron chi connectivity index (χ4n) is 14.3. The second-order valence-electron chi connectivity index (χ2n) is 27.2. The zero-order chi connectivity index (χ0) is 161. The molecule has 25 rings (SSSR count). The Morgan fingerprint density at radius 2 is 0.285 bits per heavy atom. The van der Waals surface area contributed by atoms with Crippen molar-refractivity contribution in [2.75, 3.05) is 0 Å². The third-order valence-corrected chi connectivity index (χ3v) is 19.9. The summed E-state index contributed by atoms with van der Waals surface area (Å²) in [7, 11) is 0. The first kappa shape index (κ1) is 29.1. The average molecular weight is 1730 g/mol. The Balaban J connectivity index is 0.000000164. The van der Waals surface area contributed by atoms with Crippen LogP contribution in [0.4, 0.5) is 0 Å². The highest BCUT2D eigenvalue weighted by Crippen LogP contribution is 2.51. The Morgan fingerprint density at radius 3 is 0.608 bits per heavy atom. The largest absolute Gasteiger partial charge is 0.0636 e. The van der Waals surface area contributed by atoms with Crippen molar-refractivity contribution in [1.29, 1.82) is 0 Å². The molecule has 0 radical (unpaired) electrons. The third kappa shape index (κ3) is 14.8. The van der Waals surface area contributed by atoms with Crippen molar-refractivity contribution in [1.82, 2.24) is 0 Å². The van der Waals surface area contributed by atoms with Gasteiger partial charge in [-0.3, -0.25) is 0 Å². The van der Waals surface area contributed by atoms with Crippen LogP contribution in [0.15, 0.2) is 520 Å². The lowest BCUT2D eigenvalue weighted by Crippen LogP contribution is -1.92. The fraction of sp³-hybridized carbons (Fsp3) is 0. The summed E-state index contributed by atoms with van der Waals surface area (Å²) in [5.74, 6) is 0. The molecule has 0 N–H and O–H groups in total. The Morgan fingerprint density at radius 1 is 0.0923 bits per heavy atom. The smallest absolute Gasteiger partial charge is 0.0622 e. The van der Waals surface area contributed by atoms with E-state index in [4.69, 9.17) is 69.9 Å². The van der Waals surface area contributed by atoms with Gasteiger partial charge in [0.15, 0.2) is 0 Å². The van der Waals surface area contributed by atoms with Crippen molar-refractivity contribution < 1.29 is 118 Å². The summed E-state index contributed by atoms with van der Waals surface area (Å²) in [5, 5.41) is -15.4. The van der Waals surface area contributed by atoms with Crippen LogP contribution < -0.4 is 0 Å². The monoisotopic (exact) mass is 1730 g/mol. The summed E-state index contributed by atoms with van der Waals surface area (Å²) in [5.41, 5.74) is -20.4. The molecule has 0 saturated heterocycles. The van der Waals surface area contributed by atoms with Gasteiger partial charge in [0.25, 0.3) is 0 Å². The molecular formula is C130H86. The van der Waals surface area contributed by atoms with E-state index in [0.717, 1.165) is 0 Å². The summed E-state index contributed by atoms with van der Waals surface area (Å²) in [4.78, 5) is 0. The van der Waals surface area contributed by atoms with E-state index in [9.17, 15) is 48.0 Å². The van der Waals surface area contributed by atoms with E-state index in [1.54, 1.807) is 0 Å². The van der Waals surface area contributed by atoms with Crippen molar-refractivity contribution in [3.63, 3.8) is 0 Å². The van der Waals surface area contributed by atoms with Crippen LogP contribution in [0.2, 0.25) is 0 Å². The van der Waals surface area contributed by atoms with Crippen LogP contribution in [0.1, 0.15) is 118 Å². The first-order valence-corrected chi connectivity index (χ1v) is 38.0. The maximum Gasteiger partial charge on any atom is 0.0636 e. The number of hydrogen-bond donors (Lipinski definition) is 0. The standard InChI is InChI=1S/C46H30.2C42H28/c1-2-11-31(12-3-1)33-21-24-35(25-22-33)45-41-18-8-9-19-42(41)46(38-26-23-32-13-4-5-15-36(32)29-38)44-30-37(27-28-43(44)45)40-20-10-16-34-14-6-7-17-39(34)40;1-3-11-29(12-4-1)32-19-22-33(23-20-32)41-37-17-9-10-18-38(37)42(36-24-21-31-15-7-8-16-34(31)27-36)39-26-25-35(28-40(39)41)30-13-5-2-6-14-30;1-3-11-29(12-4-1)32-19-22-33(23-20-32)41-37-17-9-10-18-38(37)42(36-24-21-31-15-7-8-16-34(31)27-36)40-28-35(25-26-39(40)41)30-13-5-2-6-14-30/h1-30H;2*1-28H/i1D,2D,3D,4D,5D,6D,7D,8D,9D,10D,11D,12D,13D,14D,15D,16D,17D,18D,19D,20D,21D,22D,23D,24D,25D,26D,27D,28D,29D,30D;2*1D,2D,3D,4D,5D,6D,7D,8D,9D,10D,11D,12D,13D,14D,15D,16D,17D,18D,19D,20D,21D,22D,23D,24D,25D,26D,27D,28D. The molecule has 0 saturated carbocycles. The molecule has 606 valence electrons. The summed E-state index contributed by atoms with van der Waals surface area (Å²) < 4.78 is 768. The van der Waals surface area contributed by atoms with Gasteiger partial charge in [-0.2, -0.15) is 0 Å². The second-order valence-corrected chi connectivity index (χ2v) is 27.2. The number of rotatable bonds is 12. The van der Waals surface area contributed by atoms with Gasteiger partial charge < -0.3 is 0 Å². The molecular weight excluding hydrogens is 1560 g/mol. The lowest BCUT2D eigenvalue weighted by Gasteiger charge is -2.19. The van der Waals surface area contributed by atoms with Gasteiger partial charge in [0.2, 0.25) is 0 Å². The van der Waals surface area contributed by atoms with Crippen LogP contribution in [0.3, 0.4) is 0 Å². The Labute approximate surface area is 878 Å². The van der Waals surface area contributed by atoms with E-state index in [2.05, 4.69) is 0 Å². The van der Waals surface area contributed by atoms with Crippen LogP contribution in [-0.2, 0) is 0 Å². The minimum Gasteiger partial charge on any atom is -0.0622 e. The Kier molecular flexibility index (Phi) is 7.65. The van der Waals surface area contributed by atoms with Crippen molar-refractivity contribution >= 4 is 108 Å². The van der Waals surface area contributed by atoms with Crippen LogP contribution >= 0.6 is 0 Å². The molecule has 0 aliphatic carbocycles. The van der Waals surface area contributed by atoms with E-state index in [1.165, 1.54) is 0 Å². The highest BCUT2D eigenvalue weighted by Gasteiger charge is 2.24. The maximum absolute atomic E-state index is 10.2. The average Bonchev–Trinajstić information content (AvgIpc) is 0.689. The zero-order valence-electron chi connectivity index (χ0n) is 151. The van der Waals surface area contributed by atoms with Gasteiger partial charge in [-0.15, -0.1) is 0 Å². The summed E-state index contributed by atoms with van der Waals surface area (Å²) in [6.45, 7) is 0. The van der Waals surface area contributed by atoms with Gasteiger partial charge >= 0.3 is 0 Å². The molecule has 130 heavy (non-hydrogen) atoms. The number of hydrogen-bond acceptors (Lipinski definition) is 0. The SMILES string of the molecule is [2H]c1c([2H])c([2H])c(-c2c([2H])c([2H])c(-c3c4c([2H])c([2H])c([2H])c([2H])c4c(-c4c([2H])c([2H])c5c([2H])c([2H])c([2H])c([2H])c5c4[2H])c4c([2H])c(-c5c([2H])c([2H])c([2H])c([2H])c5[2H])c([2H])c([2H])c34)c([2H])c2[2H])c([2H])c1[2H].[2H]c1c([2H])c([2H])c(-c2c([2H])c([2H])c(-c3c4c([2H])c([2H])c([2H])c([2H])c4c(-c4c([2H])c([2H])c5c([2H])c([2H])c([2H])c([2H])c5c4[2H])c4c([2H])c(-c5c([2H])c([2H])c([2H])c6c([2H])c([2H])c([2H])c([2H])c56)c([2H])c([2H])c34)c([2H])c2[2H])c([2H])c1[2H].[2H]c1c([2H])c([2H])c(-c2c([2H])c([2H])c(-c3c4c([2H])c([2H])c([2H])c([2H])c4c(-c4c([2H])c([2H])c5c([2H])c([2H])c([2H])c([2H])c5c4[2H])c4c([2H])c([2H])c(-c5c([2H])c([2H])c([2H])c([2H])c5[2H])c([2H])c34)c([2H])c2[2H])c([2H])c1[2H]. The van der Waals surface area contributed by atoms with E-state index >= 15 is 0 Å². The van der Waals surface area contributed by atoms with Gasteiger partial charge in [0, 0.05) is 0 Å². The van der Waals surface area contributed by atoms with Gasteiger partial charge in [-0.25, -0.2) is 0 Å². The molecule has 0 nitrogen and oxygen atoms in total. The highest BCUT2D eigenvalue weighted by molar-refractivity contribution is 6.26.